The number of anilines is 1. The number of ether oxygens (including phenoxy) is 2. The number of rotatable bonds is 5. The van der Waals surface area contributed by atoms with Crippen LogP contribution in [0.3, 0.4) is 0 Å². The molecule has 0 bridgehead atoms. The van der Waals surface area contributed by atoms with E-state index in [1.807, 2.05) is 6.92 Å². The van der Waals surface area contributed by atoms with E-state index in [1.165, 1.54) is 0 Å². The second-order valence-corrected chi connectivity index (χ2v) is 4.73. The standard InChI is InChI=1S/C12H21N5O2/c1-3-8-18-11-14-10(13)15-12(16-11)19-9-4-6-17(2)7-5-9/h9H,3-8H2,1-2H3,(H2,13,14,15,16). The van der Waals surface area contributed by atoms with Crippen LogP contribution in [-0.4, -0.2) is 52.7 Å². The number of nitrogens with zero attached hydrogens (tertiary/aromatic N) is 4. The maximum absolute atomic E-state index is 5.76. The van der Waals surface area contributed by atoms with E-state index >= 15 is 0 Å². The minimum atomic E-state index is 0.129. The van der Waals surface area contributed by atoms with Crippen LogP contribution in [0.15, 0.2) is 0 Å². The van der Waals surface area contributed by atoms with Gasteiger partial charge in [-0.2, -0.15) is 9.97 Å². The molecule has 19 heavy (non-hydrogen) atoms. The average Bonchev–Trinajstić information content (AvgIpc) is 2.38. The van der Waals surface area contributed by atoms with E-state index in [9.17, 15) is 0 Å². The van der Waals surface area contributed by atoms with E-state index in [-0.39, 0.29) is 24.1 Å². The molecule has 0 radical (unpaired) electrons. The molecule has 1 fully saturated rings. The van der Waals surface area contributed by atoms with Gasteiger partial charge in [0.25, 0.3) is 0 Å². The minimum Gasteiger partial charge on any atom is -0.463 e. The van der Waals surface area contributed by atoms with E-state index in [4.69, 9.17) is 15.2 Å². The highest BCUT2D eigenvalue weighted by molar-refractivity contribution is 5.20. The normalized spacial score (nSPS) is 17.4. The maximum Gasteiger partial charge on any atom is 0.324 e. The summed E-state index contributed by atoms with van der Waals surface area (Å²) in [6.45, 7) is 4.60. The minimum absolute atomic E-state index is 0.129. The summed E-state index contributed by atoms with van der Waals surface area (Å²) in [5.41, 5.74) is 5.63. The van der Waals surface area contributed by atoms with Gasteiger partial charge < -0.3 is 20.1 Å². The first-order chi connectivity index (χ1) is 9.17. The lowest BCUT2D eigenvalue weighted by molar-refractivity contribution is 0.104. The summed E-state index contributed by atoms with van der Waals surface area (Å²) >= 11 is 0. The molecule has 0 spiro atoms. The number of hydrogen-bond donors (Lipinski definition) is 1. The van der Waals surface area contributed by atoms with Crippen molar-refractivity contribution in [1.29, 1.82) is 0 Å². The van der Waals surface area contributed by atoms with Gasteiger partial charge in [-0.1, -0.05) is 6.92 Å². The third-order valence-electron chi connectivity index (χ3n) is 2.98. The molecular formula is C12H21N5O2. The molecule has 1 aliphatic rings. The molecule has 2 N–H and O–H groups in total. The molecule has 0 aliphatic carbocycles. The van der Waals surface area contributed by atoms with Crippen LogP contribution in [0.1, 0.15) is 26.2 Å². The van der Waals surface area contributed by atoms with Crippen molar-refractivity contribution in [2.75, 3.05) is 32.5 Å². The Morgan fingerprint density at radius 1 is 1.21 bits per heavy atom. The van der Waals surface area contributed by atoms with E-state index in [0.29, 0.717) is 6.61 Å². The van der Waals surface area contributed by atoms with Crippen LogP contribution in [-0.2, 0) is 0 Å². The van der Waals surface area contributed by atoms with Gasteiger partial charge >= 0.3 is 12.0 Å². The smallest absolute Gasteiger partial charge is 0.324 e. The third kappa shape index (κ3) is 4.20. The number of nitrogen functional groups attached to an aromatic ring is 1. The van der Waals surface area contributed by atoms with Gasteiger partial charge in [-0.15, -0.1) is 4.98 Å². The topological polar surface area (TPSA) is 86.4 Å². The molecule has 106 valence electrons. The van der Waals surface area contributed by atoms with Crippen LogP contribution in [0.4, 0.5) is 5.95 Å². The van der Waals surface area contributed by atoms with Gasteiger partial charge in [-0.05, 0) is 26.3 Å². The Morgan fingerprint density at radius 3 is 2.58 bits per heavy atom. The number of hydrogen-bond acceptors (Lipinski definition) is 7. The first-order valence-corrected chi connectivity index (χ1v) is 6.67. The second kappa shape index (κ2) is 6.51. The monoisotopic (exact) mass is 267 g/mol. The van der Waals surface area contributed by atoms with Crippen LogP contribution in [0.25, 0.3) is 0 Å². The van der Waals surface area contributed by atoms with Crippen LogP contribution in [0, 0.1) is 0 Å². The molecular weight excluding hydrogens is 246 g/mol. The Morgan fingerprint density at radius 2 is 1.89 bits per heavy atom. The Balaban J connectivity index is 1.97. The van der Waals surface area contributed by atoms with Gasteiger partial charge in [0.2, 0.25) is 5.95 Å². The predicted molar refractivity (Wildman–Crippen MR) is 71.2 cm³/mol. The molecule has 1 aliphatic heterocycles. The van der Waals surface area contributed by atoms with Crippen LogP contribution < -0.4 is 15.2 Å². The van der Waals surface area contributed by atoms with E-state index in [2.05, 4.69) is 26.9 Å². The molecule has 7 nitrogen and oxygen atoms in total. The Kier molecular flexibility index (Phi) is 4.73. The average molecular weight is 267 g/mol. The first kappa shape index (κ1) is 13.8. The second-order valence-electron chi connectivity index (χ2n) is 4.73. The quantitative estimate of drug-likeness (QED) is 0.841. The number of aromatic nitrogens is 3. The van der Waals surface area contributed by atoms with Crippen molar-refractivity contribution in [2.24, 2.45) is 0 Å². The van der Waals surface area contributed by atoms with Crippen molar-refractivity contribution >= 4 is 5.95 Å². The first-order valence-electron chi connectivity index (χ1n) is 6.67. The summed E-state index contributed by atoms with van der Waals surface area (Å²) < 4.78 is 11.1. The van der Waals surface area contributed by atoms with Crippen LogP contribution in [0.2, 0.25) is 0 Å². The maximum atomic E-state index is 5.76. The third-order valence-corrected chi connectivity index (χ3v) is 2.98. The number of likely N-dealkylation sites (tertiary alicyclic amines) is 1. The summed E-state index contributed by atoms with van der Waals surface area (Å²) in [6, 6.07) is 0.491. The van der Waals surface area contributed by atoms with Gasteiger partial charge in [0, 0.05) is 13.1 Å². The lowest BCUT2D eigenvalue weighted by Gasteiger charge is -2.28. The van der Waals surface area contributed by atoms with Gasteiger partial charge in [-0.3, -0.25) is 0 Å². The fourth-order valence-electron chi connectivity index (χ4n) is 1.92. The molecule has 0 amide bonds. The summed E-state index contributed by atoms with van der Waals surface area (Å²) in [5.74, 6) is 0.129. The molecule has 0 saturated carbocycles. The molecule has 0 unspecified atom stereocenters. The van der Waals surface area contributed by atoms with Gasteiger partial charge in [0.05, 0.1) is 6.61 Å². The van der Waals surface area contributed by atoms with Gasteiger partial charge in [0.1, 0.15) is 6.10 Å². The highest BCUT2D eigenvalue weighted by atomic mass is 16.5. The summed E-state index contributed by atoms with van der Waals surface area (Å²) in [5, 5.41) is 0. The number of nitrogens with two attached hydrogens (primary N) is 1. The zero-order valence-corrected chi connectivity index (χ0v) is 11.5. The molecule has 2 heterocycles. The van der Waals surface area contributed by atoms with Crippen LogP contribution >= 0.6 is 0 Å². The van der Waals surface area contributed by atoms with Crippen molar-refractivity contribution in [2.45, 2.75) is 32.3 Å². The Hall–Kier alpha value is -1.63. The van der Waals surface area contributed by atoms with Crippen molar-refractivity contribution in [3.05, 3.63) is 0 Å². The van der Waals surface area contributed by atoms with E-state index in [1.54, 1.807) is 0 Å². The molecule has 2 rings (SSSR count). The molecule has 7 heteroatoms. The fourth-order valence-corrected chi connectivity index (χ4v) is 1.92. The largest absolute Gasteiger partial charge is 0.463 e. The molecule has 1 aromatic rings. The summed E-state index contributed by atoms with van der Waals surface area (Å²) in [6.07, 6.45) is 2.95. The van der Waals surface area contributed by atoms with Gasteiger partial charge in [-0.25, -0.2) is 0 Å². The zero-order valence-electron chi connectivity index (χ0n) is 11.5. The molecule has 1 saturated heterocycles. The SMILES string of the molecule is CCCOc1nc(N)nc(OC2CCN(C)CC2)n1. The van der Waals surface area contributed by atoms with Gasteiger partial charge in [0.15, 0.2) is 0 Å². The fraction of sp³-hybridized carbons (Fsp3) is 0.750. The highest BCUT2D eigenvalue weighted by Crippen LogP contribution is 2.17. The van der Waals surface area contributed by atoms with E-state index in [0.717, 1.165) is 32.4 Å². The molecule has 0 aromatic carbocycles. The van der Waals surface area contributed by atoms with E-state index < -0.39 is 0 Å². The highest BCUT2D eigenvalue weighted by Gasteiger charge is 2.19. The predicted octanol–water partition coefficient (Wildman–Crippen LogP) is 0.716. The van der Waals surface area contributed by atoms with Crippen LogP contribution in [0.5, 0.6) is 12.0 Å². The lowest BCUT2D eigenvalue weighted by atomic mass is 10.1. The van der Waals surface area contributed by atoms with Crippen molar-refractivity contribution in [3.63, 3.8) is 0 Å². The Labute approximate surface area is 113 Å². The zero-order chi connectivity index (χ0) is 13.7. The number of piperidine rings is 1. The Bertz CT molecular complexity index is 407. The van der Waals surface area contributed by atoms with Crippen molar-refractivity contribution < 1.29 is 9.47 Å². The molecule has 1 aromatic heterocycles. The van der Waals surface area contributed by atoms with Crippen molar-refractivity contribution in [1.82, 2.24) is 19.9 Å². The lowest BCUT2D eigenvalue weighted by Crippen LogP contribution is -2.36. The van der Waals surface area contributed by atoms with Crippen molar-refractivity contribution in [3.8, 4) is 12.0 Å². The summed E-state index contributed by atoms with van der Waals surface area (Å²) in [7, 11) is 2.10. The summed E-state index contributed by atoms with van der Waals surface area (Å²) in [4.78, 5) is 14.3. The molecule has 0 atom stereocenters.